The van der Waals surface area contributed by atoms with Gasteiger partial charge in [-0.1, -0.05) is 54.6 Å². The lowest BCUT2D eigenvalue weighted by molar-refractivity contribution is 1.04. The average Bonchev–Trinajstić information content (AvgIpc) is 3.02. The molecule has 0 saturated heterocycles. The molecule has 1 radical (unpaired) electrons. The summed E-state index contributed by atoms with van der Waals surface area (Å²) in [6.45, 7) is 4.41. The Morgan fingerprint density at radius 2 is 1.75 bits per heavy atom. The van der Waals surface area contributed by atoms with Gasteiger partial charge in [0.05, 0.1) is 0 Å². The van der Waals surface area contributed by atoms with Crippen molar-refractivity contribution in [1.82, 2.24) is 0 Å². The first-order valence-electron chi connectivity index (χ1n) is 7.18. The van der Waals surface area contributed by atoms with E-state index in [-0.39, 0.29) is 0 Å². The molecule has 0 aliphatic heterocycles. The van der Waals surface area contributed by atoms with Crippen LogP contribution in [0.3, 0.4) is 0 Å². The van der Waals surface area contributed by atoms with Gasteiger partial charge in [0.15, 0.2) is 0 Å². The van der Waals surface area contributed by atoms with Crippen molar-refractivity contribution in [2.45, 2.75) is 19.8 Å². The summed E-state index contributed by atoms with van der Waals surface area (Å²) in [6, 6.07) is 15.3. The van der Waals surface area contributed by atoms with Crippen LogP contribution in [0.5, 0.6) is 0 Å². The Kier molecular flexibility index (Phi) is 2.47. The molecule has 0 heteroatoms. The van der Waals surface area contributed by atoms with Gasteiger partial charge in [0.2, 0.25) is 0 Å². The molecule has 2 aromatic carbocycles. The molecule has 0 saturated carbocycles. The number of fused-ring (bicyclic) bond motifs is 2. The zero-order chi connectivity index (χ0) is 13.7. The van der Waals surface area contributed by atoms with Crippen LogP contribution in [-0.2, 0) is 0 Å². The van der Waals surface area contributed by atoms with Crippen LogP contribution < -0.4 is 0 Å². The summed E-state index contributed by atoms with van der Waals surface area (Å²) in [5, 5.41) is 0. The van der Waals surface area contributed by atoms with E-state index in [1.54, 1.807) is 0 Å². The van der Waals surface area contributed by atoms with Gasteiger partial charge in [-0.15, -0.1) is 0 Å². The number of hydrogen-bond donors (Lipinski definition) is 0. The van der Waals surface area contributed by atoms with E-state index in [1.807, 2.05) is 0 Å². The minimum absolute atomic E-state index is 0.415. The molecule has 20 heavy (non-hydrogen) atoms. The Bertz CT molecular complexity index is 759. The quantitative estimate of drug-likeness (QED) is 0.663. The largest absolute Gasteiger partial charge is 0.0694 e. The monoisotopic (exact) mass is 257 g/mol. The molecule has 2 aliphatic rings. The highest BCUT2D eigenvalue weighted by molar-refractivity contribution is 5.80. The van der Waals surface area contributed by atoms with Gasteiger partial charge in [0.1, 0.15) is 0 Å². The Hall–Kier alpha value is -2.08. The van der Waals surface area contributed by atoms with Crippen LogP contribution in [0.25, 0.3) is 11.6 Å². The van der Waals surface area contributed by atoms with E-state index in [0.29, 0.717) is 5.92 Å². The maximum Gasteiger partial charge on any atom is 0.0249 e. The third kappa shape index (κ3) is 1.61. The molecule has 0 heterocycles. The van der Waals surface area contributed by atoms with E-state index in [9.17, 15) is 0 Å². The molecule has 0 spiro atoms. The first kappa shape index (κ1) is 11.7. The van der Waals surface area contributed by atoms with Crippen molar-refractivity contribution < 1.29 is 0 Å². The van der Waals surface area contributed by atoms with E-state index >= 15 is 0 Å². The number of hydrogen-bond acceptors (Lipinski definition) is 0. The second-order valence-corrected chi connectivity index (χ2v) is 5.78. The SMILES string of the molecule is CC1=CC(C2=Cc3c(C)cccc3[CH]2)c2ccccc21. The zero-order valence-electron chi connectivity index (χ0n) is 11.9. The summed E-state index contributed by atoms with van der Waals surface area (Å²) in [7, 11) is 0. The summed E-state index contributed by atoms with van der Waals surface area (Å²) >= 11 is 0. The molecule has 0 nitrogen and oxygen atoms in total. The standard InChI is InChI=1S/C20H17/c1-13-6-5-7-15-11-16(12-19(13)15)20-10-14(2)17-8-3-4-9-18(17)20/h3-12,20H,1-2H3. The van der Waals surface area contributed by atoms with Gasteiger partial charge in [0.25, 0.3) is 0 Å². The Balaban J connectivity index is 1.79. The molecule has 0 aromatic heterocycles. The van der Waals surface area contributed by atoms with Crippen LogP contribution in [0.15, 0.2) is 54.1 Å². The lowest BCUT2D eigenvalue weighted by Crippen LogP contribution is -1.96. The van der Waals surface area contributed by atoms with Crippen molar-refractivity contribution in [2.75, 3.05) is 0 Å². The molecule has 1 unspecified atom stereocenters. The molecule has 1 atom stereocenters. The van der Waals surface area contributed by atoms with Gasteiger partial charge in [-0.05, 0) is 52.8 Å². The number of allylic oxidation sites excluding steroid dienone is 3. The average molecular weight is 257 g/mol. The van der Waals surface area contributed by atoms with Gasteiger partial charge in [-0.2, -0.15) is 0 Å². The summed E-state index contributed by atoms with van der Waals surface area (Å²) in [6.07, 6.45) is 7.11. The first-order valence-corrected chi connectivity index (χ1v) is 7.18. The van der Waals surface area contributed by atoms with Gasteiger partial charge in [0, 0.05) is 12.3 Å². The lowest BCUT2D eigenvalue weighted by Gasteiger charge is -2.12. The number of benzene rings is 2. The van der Waals surface area contributed by atoms with Crippen LogP contribution in [0.4, 0.5) is 0 Å². The maximum absolute atomic E-state index is 2.40. The topological polar surface area (TPSA) is 0 Å². The molecule has 4 rings (SSSR count). The molecule has 0 bridgehead atoms. The lowest BCUT2D eigenvalue weighted by atomic mass is 9.92. The third-order valence-corrected chi connectivity index (χ3v) is 4.49. The highest BCUT2D eigenvalue weighted by atomic mass is 14.3. The summed E-state index contributed by atoms with van der Waals surface area (Å²) in [5.74, 6) is 0.415. The smallest absolute Gasteiger partial charge is 0.0249 e. The number of aryl methyl sites for hydroxylation is 1. The maximum atomic E-state index is 2.40. The fraction of sp³-hybridized carbons (Fsp3) is 0.150. The van der Waals surface area contributed by atoms with Crippen LogP contribution >= 0.6 is 0 Å². The van der Waals surface area contributed by atoms with Gasteiger partial charge in [-0.25, -0.2) is 0 Å². The third-order valence-electron chi connectivity index (χ3n) is 4.49. The second kappa shape index (κ2) is 4.21. The second-order valence-electron chi connectivity index (χ2n) is 5.78. The molecule has 0 amide bonds. The fourth-order valence-corrected chi connectivity index (χ4v) is 3.43. The van der Waals surface area contributed by atoms with E-state index in [1.165, 1.54) is 39.0 Å². The first-order chi connectivity index (χ1) is 9.74. The minimum atomic E-state index is 0.415. The van der Waals surface area contributed by atoms with Crippen LogP contribution in [0.2, 0.25) is 0 Å². The van der Waals surface area contributed by atoms with E-state index in [2.05, 4.69) is 74.9 Å². The minimum Gasteiger partial charge on any atom is -0.0694 e. The molecule has 2 aliphatic carbocycles. The molecule has 0 N–H and O–H groups in total. The summed E-state index contributed by atoms with van der Waals surface area (Å²) in [4.78, 5) is 0. The van der Waals surface area contributed by atoms with Crippen molar-refractivity contribution in [3.8, 4) is 0 Å². The normalized spacial score (nSPS) is 19.4. The van der Waals surface area contributed by atoms with Crippen LogP contribution in [0, 0.1) is 13.3 Å². The molecule has 97 valence electrons. The van der Waals surface area contributed by atoms with Crippen molar-refractivity contribution in [1.29, 1.82) is 0 Å². The van der Waals surface area contributed by atoms with Gasteiger partial charge < -0.3 is 0 Å². The Morgan fingerprint density at radius 1 is 0.900 bits per heavy atom. The zero-order valence-corrected chi connectivity index (χ0v) is 11.9. The predicted octanol–water partition coefficient (Wildman–Crippen LogP) is 5.15. The van der Waals surface area contributed by atoms with Crippen molar-refractivity contribution in [3.05, 3.63) is 88.4 Å². The van der Waals surface area contributed by atoms with Crippen molar-refractivity contribution in [3.63, 3.8) is 0 Å². The summed E-state index contributed by atoms with van der Waals surface area (Å²) < 4.78 is 0. The molecule has 0 fully saturated rings. The van der Waals surface area contributed by atoms with Crippen molar-refractivity contribution in [2.24, 2.45) is 0 Å². The highest BCUT2D eigenvalue weighted by Crippen LogP contribution is 2.44. The summed E-state index contributed by atoms with van der Waals surface area (Å²) in [5.41, 5.74) is 9.76. The molecular weight excluding hydrogens is 240 g/mol. The van der Waals surface area contributed by atoms with Crippen LogP contribution in [-0.4, -0.2) is 0 Å². The molecular formula is C20H17. The van der Waals surface area contributed by atoms with Gasteiger partial charge >= 0.3 is 0 Å². The van der Waals surface area contributed by atoms with E-state index in [4.69, 9.17) is 0 Å². The van der Waals surface area contributed by atoms with Crippen molar-refractivity contribution >= 4 is 11.6 Å². The Morgan fingerprint density at radius 3 is 2.60 bits per heavy atom. The van der Waals surface area contributed by atoms with Gasteiger partial charge in [-0.3, -0.25) is 0 Å². The highest BCUT2D eigenvalue weighted by Gasteiger charge is 2.27. The molecule has 2 aromatic rings. The fourth-order valence-electron chi connectivity index (χ4n) is 3.43. The Labute approximate surface area is 120 Å². The van der Waals surface area contributed by atoms with E-state index in [0.717, 1.165) is 0 Å². The van der Waals surface area contributed by atoms with Crippen LogP contribution in [0.1, 0.15) is 40.7 Å². The predicted molar refractivity (Wildman–Crippen MR) is 85.4 cm³/mol. The van der Waals surface area contributed by atoms with E-state index < -0.39 is 0 Å². The number of rotatable bonds is 1.